The lowest BCUT2D eigenvalue weighted by atomic mass is 10.2. The van der Waals surface area contributed by atoms with Gasteiger partial charge in [-0.15, -0.1) is 11.3 Å². The molecule has 0 aliphatic heterocycles. The molecule has 3 aromatic carbocycles. The number of amides is 1. The van der Waals surface area contributed by atoms with E-state index in [0.717, 1.165) is 10.1 Å². The molecule has 1 N–H and O–H groups in total. The molecule has 0 radical (unpaired) electrons. The number of benzene rings is 3. The number of ether oxygens (including phenoxy) is 3. The van der Waals surface area contributed by atoms with E-state index in [9.17, 15) is 9.59 Å². The van der Waals surface area contributed by atoms with Gasteiger partial charge in [0.15, 0.2) is 18.1 Å². The zero-order valence-corrected chi connectivity index (χ0v) is 19.6. The van der Waals surface area contributed by atoms with Crippen LogP contribution in [0.2, 0.25) is 5.02 Å². The van der Waals surface area contributed by atoms with Crippen LogP contribution in [0.25, 0.3) is 10.1 Å². The predicted molar refractivity (Wildman–Crippen MR) is 132 cm³/mol. The molecule has 0 atom stereocenters. The van der Waals surface area contributed by atoms with Gasteiger partial charge in [-0.2, -0.15) is 5.10 Å². The molecule has 9 heteroatoms. The molecule has 34 heavy (non-hydrogen) atoms. The van der Waals surface area contributed by atoms with Gasteiger partial charge in [-0.25, -0.2) is 10.2 Å². The van der Waals surface area contributed by atoms with Crippen molar-refractivity contribution in [3.8, 4) is 17.2 Å². The maximum absolute atomic E-state index is 12.6. The van der Waals surface area contributed by atoms with E-state index >= 15 is 0 Å². The highest BCUT2D eigenvalue weighted by Gasteiger charge is 2.19. The zero-order valence-electron chi connectivity index (χ0n) is 18.0. The number of esters is 1. The number of rotatable bonds is 8. The Labute approximate surface area is 204 Å². The number of halogens is 1. The molecular weight excluding hydrogens is 476 g/mol. The van der Waals surface area contributed by atoms with E-state index in [4.69, 9.17) is 25.8 Å². The van der Waals surface area contributed by atoms with E-state index in [2.05, 4.69) is 10.5 Å². The second-order valence-electron chi connectivity index (χ2n) is 6.94. The Morgan fingerprint density at radius 2 is 1.79 bits per heavy atom. The van der Waals surface area contributed by atoms with Crippen LogP contribution in [0.3, 0.4) is 0 Å². The van der Waals surface area contributed by atoms with Crippen molar-refractivity contribution in [3.05, 3.63) is 88.3 Å². The number of hydrogen-bond donors (Lipinski definition) is 1. The van der Waals surface area contributed by atoms with Crippen molar-refractivity contribution in [3.63, 3.8) is 0 Å². The van der Waals surface area contributed by atoms with Crippen LogP contribution in [0, 0.1) is 0 Å². The Kier molecular flexibility index (Phi) is 7.41. The first-order valence-electron chi connectivity index (χ1n) is 10.1. The quantitative estimate of drug-likeness (QED) is 0.155. The number of nitrogens with one attached hydrogen (secondary N) is 1. The molecule has 1 heterocycles. The monoisotopic (exact) mass is 494 g/mol. The third kappa shape index (κ3) is 5.54. The Bertz CT molecular complexity index is 1370. The number of nitrogens with zero attached hydrogens (tertiary/aromatic N) is 1. The number of carbonyl (C=O) groups is 2. The number of hydrogen-bond acceptors (Lipinski definition) is 7. The fourth-order valence-electron chi connectivity index (χ4n) is 3.05. The van der Waals surface area contributed by atoms with Crippen molar-refractivity contribution in [2.45, 2.75) is 0 Å². The van der Waals surface area contributed by atoms with Gasteiger partial charge in [-0.1, -0.05) is 54.1 Å². The minimum atomic E-state index is -0.540. The second kappa shape index (κ2) is 10.8. The Balaban J connectivity index is 1.34. The number of thiophene rings is 1. The van der Waals surface area contributed by atoms with Gasteiger partial charge in [0.25, 0.3) is 5.91 Å². The van der Waals surface area contributed by atoms with Crippen molar-refractivity contribution < 1.29 is 23.8 Å². The van der Waals surface area contributed by atoms with Crippen LogP contribution >= 0.6 is 22.9 Å². The van der Waals surface area contributed by atoms with Crippen LogP contribution in [0.5, 0.6) is 17.2 Å². The van der Waals surface area contributed by atoms with Crippen LogP contribution in [-0.4, -0.2) is 31.8 Å². The molecule has 1 amide bonds. The Morgan fingerprint density at radius 3 is 2.59 bits per heavy atom. The smallest absolute Gasteiger partial charge is 0.355 e. The maximum atomic E-state index is 12.6. The average molecular weight is 495 g/mol. The lowest BCUT2D eigenvalue weighted by Crippen LogP contribution is -2.24. The highest BCUT2D eigenvalue weighted by atomic mass is 35.5. The number of hydrazone groups is 1. The minimum absolute atomic E-state index is 0.231. The summed E-state index contributed by atoms with van der Waals surface area (Å²) in [5.74, 6) is 0.332. The van der Waals surface area contributed by atoms with Crippen molar-refractivity contribution in [1.82, 2.24) is 5.43 Å². The first-order chi connectivity index (χ1) is 16.5. The maximum Gasteiger partial charge on any atom is 0.355 e. The normalized spacial score (nSPS) is 10.9. The van der Waals surface area contributed by atoms with E-state index in [-0.39, 0.29) is 6.61 Å². The lowest BCUT2D eigenvalue weighted by Gasteiger charge is -2.09. The summed E-state index contributed by atoms with van der Waals surface area (Å²) in [6.45, 7) is -0.231. The summed E-state index contributed by atoms with van der Waals surface area (Å²) >= 11 is 7.64. The largest absolute Gasteiger partial charge is 0.493 e. The molecule has 0 fully saturated rings. The minimum Gasteiger partial charge on any atom is -0.493 e. The van der Waals surface area contributed by atoms with Crippen molar-refractivity contribution in [1.29, 1.82) is 0 Å². The molecule has 0 spiro atoms. The second-order valence-corrected chi connectivity index (χ2v) is 8.37. The summed E-state index contributed by atoms with van der Waals surface area (Å²) in [7, 11) is 1.52. The standard InChI is InChI=1S/C25H19ClN2O5S/c1-31-19-10-3-4-11-20(19)32-15-22(29)28-27-14-16-7-6-8-17(13-16)33-25(30)24-23(26)18-9-2-5-12-21(18)34-24/h2-14H,15H2,1H3,(H,28,29). The van der Waals surface area contributed by atoms with Gasteiger partial charge in [0.2, 0.25) is 0 Å². The first-order valence-corrected chi connectivity index (χ1v) is 11.3. The molecule has 0 bridgehead atoms. The van der Waals surface area contributed by atoms with E-state index < -0.39 is 11.9 Å². The van der Waals surface area contributed by atoms with Crippen LogP contribution in [0.1, 0.15) is 15.2 Å². The van der Waals surface area contributed by atoms with Gasteiger partial charge in [0.05, 0.1) is 18.3 Å². The van der Waals surface area contributed by atoms with Gasteiger partial charge in [-0.3, -0.25) is 4.79 Å². The van der Waals surface area contributed by atoms with E-state index in [1.807, 2.05) is 24.3 Å². The fraction of sp³-hybridized carbons (Fsp3) is 0.0800. The number of fused-ring (bicyclic) bond motifs is 1. The molecule has 172 valence electrons. The van der Waals surface area contributed by atoms with E-state index in [1.165, 1.54) is 24.7 Å². The molecule has 4 aromatic rings. The highest BCUT2D eigenvalue weighted by molar-refractivity contribution is 7.21. The van der Waals surface area contributed by atoms with E-state index in [0.29, 0.717) is 32.7 Å². The molecule has 4 rings (SSSR count). The lowest BCUT2D eigenvalue weighted by molar-refractivity contribution is -0.123. The third-order valence-electron chi connectivity index (χ3n) is 4.62. The van der Waals surface area contributed by atoms with Crippen molar-refractivity contribution in [2.24, 2.45) is 5.10 Å². The van der Waals surface area contributed by atoms with Gasteiger partial charge < -0.3 is 14.2 Å². The SMILES string of the molecule is COc1ccccc1OCC(=O)NN=Cc1cccc(OC(=O)c2sc3ccccc3c2Cl)c1. The summed E-state index contributed by atoms with van der Waals surface area (Å²) in [5.41, 5.74) is 3.01. The summed E-state index contributed by atoms with van der Waals surface area (Å²) < 4.78 is 17.0. The van der Waals surface area contributed by atoms with Crippen LogP contribution in [-0.2, 0) is 4.79 Å². The molecule has 0 saturated carbocycles. The van der Waals surface area contributed by atoms with Gasteiger partial charge >= 0.3 is 5.97 Å². The summed E-state index contributed by atoms with van der Waals surface area (Å²) in [5, 5.41) is 5.11. The molecule has 0 unspecified atom stereocenters. The summed E-state index contributed by atoms with van der Waals surface area (Å²) in [4.78, 5) is 25.0. The first kappa shape index (κ1) is 23.3. The highest BCUT2D eigenvalue weighted by Crippen LogP contribution is 2.35. The summed E-state index contributed by atoms with van der Waals surface area (Å²) in [6, 6.07) is 21.3. The molecule has 0 saturated heterocycles. The topological polar surface area (TPSA) is 86.2 Å². The third-order valence-corrected chi connectivity index (χ3v) is 6.28. The van der Waals surface area contributed by atoms with Crippen molar-refractivity contribution in [2.75, 3.05) is 13.7 Å². The van der Waals surface area contributed by atoms with Gasteiger partial charge in [0, 0.05) is 10.1 Å². The molecule has 7 nitrogen and oxygen atoms in total. The van der Waals surface area contributed by atoms with Crippen LogP contribution in [0.4, 0.5) is 0 Å². The van der Waals surface area contributed by atoms with Crippen LogP contribution in [0.15, 0.2) is 77.9 Å². The molecular formula is C25H19ClN2O5S. The average Bonchev–Trinajstić information content (AvgIpc) is 3.20. The van der Waals surface area contributed by atoms with Crippen molar-refractivity contribution >= 4 is 51.1 Å². The predicted octanol–water partition coefficient (Wildman–Crippen LogP) is 5.31. The number of para-hydroxylation sites is 2. The number of carbonyl (C=O) groups excluding carboxylic acids is 2. The fourth-order valence-corrected chi connectivity index (χ4v) is 4.43. The van der Waals surface area contributed by atoms with E-state index in [1.54, 1.807) is 48.5 Å². The van der Waals surface area contributed by atoms with Gasteiger partial charge in [-0.05, 0) is 35.9 Å². The Hall–Kier alpha value is -3.88. The zero-order chi connectivity index (χ0) is 23.9. The number of methoxy groups -OCH3 is 1. The molecule has 0 aliphatic carbocycles. The summed E-state index contributed by atoms with van der Waals surface area (Å²) in [6.07, 6.45) is 1.44. The Morgan fingerprint density at radius 1 is 1.03 bits per heavy atom. The molecule has 0 aliphatic rings. The van der Waals surface area contributed by atoms with Crippen LogP contribution < -0.4 is 19.6 Å². The van der Waals surface area contributed by atoms with Gasteiger partial charge in [0.1, 0.15) is 10.6 Å². The molecule has 1 aromatic heterocycles.